The Morgan fingerprint density at radius 1 is 1.17 bits per heavy atom. The molecule has 2 aromatic heterocycles. The summed E-state index contributed by atoms with van der Waals surface area (Å²) < 4.78 is 39.2. The van der Waals surface area contributed by atoms with E-state index in [0.717, 1.165) is 24.3 Å². The molecular weight excluding hydrogens is 343 g/mol. The molecule has 3 aromatic rings. The van der Waals surface area contributed by atoms with Crippen LogP contribution in [0.2, 0.25) is 5.15 Å². The van der Waals surface area contributed by atoms with Crippen LogP contribution >= 0.6 is 11.6 Å². The molecule has 0 atom stereocenters. The number of benzene rings is 1. The zero-order valence-corrected chi connectivity index (χ0v) is 12.9. The van der Waals surface area contributed by atoms with Crippen LogP contribution in [0.4, 0.5) is 13.2 Å². The van der Waals surface area contributed by atoms with E-state index in [-0.39, 0.29) is 12.1 Å². The van der Waals surface area contributed by atoms with E-state index in [0.29, 0.717) is 16.5 Å². The van der Waals surface area contributed by atoms with Crippen LogP contribution in [0.15, 0.2) is 48.7 Å². The maximum atomic E-state index is 12.5. The van der Waals surface area contributed by atoms with Gasteiger partial charge in [-0.2, -0.15) is 13.2 Å². The lowest BCUT2D eigenvalue weighted by Crippen LogP contribution is -2.23. The van der Waals surface area contributed by atoms with E-state index in [1.807, 2.05) is 0 Å². The molecule has 0 bridgehead atoms. The van der Waals surface area contributed by atoms with Gasteiger partial charge in [0.15, 0.2) is 0 Å². The van der Waals surface area contributed by atoms with Crippen LogP contribution in [0.1, 0.15) is 21.6 Å². The molecule has 0 spiro atoms. The minimum absolute atomic E-state index is 0.137. The summed E-state index contributed by atoms with van der Waals surface area (Å²) in [6.45, 7) is 0.137. The predicted molar refractivity (Wildman–Crippen MR) is 82.8 cm³/mol. The van der Waals surface area contributed by atoms with Gasteiger partial charge in [0.05, 0.1) is 17.8 Å². The quantitative estimate of drug-likeness (QED) is 0.725. The number of fused-ring (bicyclic) bond motifs is 1. The Labute approximate surface area is 139 Å². The number of rotatable bonds is 3. The first-order chi connectivity index (χ1) is 11.3. The number of hydrogen-bond acceptors (Lipinski definition) is 2. The van der Waals surface area contributed by atoms with Gasteiger partial charge in [0.1, 0.15) is 10.8 Å². The van der Waals surface area contributed by atoms with E-state index < -0.39 is 17.6 Å². The number of carbonyl (C=O) groups is 1. The SMILES string of the molecule is O=C(NCc1cn2c(Cl)cccc2n1)c1ccc(C(F)(F)F)cc1. The predicted octanol–water partition coefficient (Wildman–Crippen LogP) is 3.94. The lowest BCUT2D eigenvalue weighted by atomic mass is 10.1. The van der Waals surface area contributed by atoms with Gasteiger partial charge < -0.3 is 5.32 Å². The van der Waals surface area contributed by atoms with Gasteiger partial charge in [0, 0.05) is 11.8 Å². The van der Waals surface area contributed by atoms with Crippen molar-refractivity contribution in [3.8, 4) is 0 Å². The van der Waals surface area contributed by atoms with E-state index in [4.69, 9.17) is 11.6 Å². The van der Waals surface area contributed by atoms with Crippen LogP contribution in [0.5, 0.6) is 0 Å². The lowest BCUT2D eigenvalue weighted by molar-refractivity contribution is -0.137. The summed E-state index contributed by atoms with van der Waals surface area (Å²) in [4.78, 5) is 16.3. The van der Waals surface area contributed by atoms with Crippen LogP contribution in [-0.2, 0) is 12.7 Å². The van der Waals surface area contributed by atoms with E-state index in [1.165, 1.54) is 0 Å². The number of amides is 1. The minimum Gasteiger partial charge on any atom is -0.346 e. The molecule has 0 radical (unpaired) electrons. The highest BCUT2D eigenvalue weighted by Crippen LogP contribution is 2.29. The first-order valence-corrected chi connectivity index (χ1v) is 7.30. The maximum absolute atomic E-state index is 12.5. The van der Waals surface area contributed by atoms with Gasteiger partial charge in [-0.15, -0.1) is 0 Å². The number of halogens is 4. The number of hydrogen-bond donors (Lipinski definition) is 1. The summed E-state index contributed by atoms with van der Waals surface area (Å²) in [7, 11) is 0. The van der Waals surface area contributed by atoms with Crippen LogP contribution in [0, 0.1) is 0 Å². The second kappa shape index (κ2) is 6.16. The third-order valence-corrected chi connectivity index (χ3v) is 3.70. The van der Waals surface area contributed by atoms with Gasteiger partial charge in [-0.25, -0.2) is 4.98 Å². The molecule has 0 unspecified atom stereocenters. The number of nitrogens with one attached hydrogen (secondary N) is 1. The molecule has 0 aliphatic heterocycles. The topological polar surface area (TPSA) is 46.4 Å². The fourth-order valence-electron chi connectivity index (χ4n) is 2.20. The van der Waals surface area contributed by atoms with Crippen molar-refractivity contribution in [3.05, 3.63) is 70.6 Å². The maximum Gasteiger partial charge on any atom is 0.416 e. The molecule has 1 amide bonds. The third-order valence-electron chi connectivity index (χ3n) is 3.40. The van der Waals surface area contributed by atoms with Gasteiger partial charge in [-0.1, -0.05) is 17.7 Å². The summed E-state index contributed by atoms with van der Waals surface area (Å²) in [6, 6.07) is 9.26. The molecule has 2 heterocycles. The fourth-order valence-corrected chi connectivity index (χ4v) is 2.40. The smallest absolute Gasteiger partial charge is 0.346 e. The Balaban J connectivity index is 1.69. The van der Waals surface area contributed by atoms with Crippen molar-refractivity contribution in [3.63, 3.8) is 0 Å². The third kappa shape index (κ3) is 3.35. The van der Waals surface area contributed by atoms with Crippen molar-refractivity contribution < 1.29 is 18.0 Å². The van der Waals surface area contributed by atoms with Gasteiger partial charge >= 0.3 is 6.18 Å². The summed E-state index contributed by atoms with van der Waals surface area (Å²) >= 11 is 6.02. The average molecular weight is 354 g/mol. The number of carbonyl (C=O) groups excluding carboxylic acids is 1. The van der Waals surface area contributed by atoms with E-state index in [2.05, 4.69) is 10.3 Å². The fraction of sp³-hybridized carbons (Fsp3) is 0.125. The zero-order chi connectivity index (χ0) is 17.3. The van der Waals surface area contributed by atoms with Gasteiger partial charge in [-0.3, -0.25) is 9.20 Å². The Hall–Kier alpha value is -2.54. The average Bonchev–Trinajstić information content (AvgIpc) is 2.96. The number of pyridine rings is 1. The molecular formula is C16H11ClF3N3O. The van der Waals surface area contributed by atoms with Crippen LogP contribution in [0.3, 0.4) is 0 Å². The first kappa shape index (κ1) is 16.3. The van der Waals surface area contributed by atoms with Crippen LogP contribution in [-0.4, -0.2) is 15.3 Å². The molecule has 0 aliphatic carbocycles. The Morgan fingerprint density at radius 3 is 2.50 bits per heavy atom. The molecule has 124 valence electrons. The van der Waals surface area contributed by atoms with Crippen molar-refractivity contribution in [2.24, 2.45) is 0 Å². The summed E-state index contributed by atoms with van der Waals surface area (Å²) in [5, 5.41) is 3.10. The largest absolute Gasteiger partial charge is 0.416 e. The molecule has 1 N–H and O–H groups in total. The number of alkyl halides is 3. The molecule has 4 nitrogen and oxygen atoms in total. The Bertz CT molecular complexity index is 888. The van der Waals surface area contributed by atoms with Crippen molar-refractivity contribution in [1.82, 2.24) is 14.7 Å². The van der Waals surface area contributed by atoms with E-state index in [9.17, 15) is 18.0 Å². The zero-order valence-electron chi connectivity index (χ0n) is 12.1. The Morgan fingerprint density at radius 2 is 1.88 bits per heavy atom. The standard InChI is InChI=1S/C16H11ClF3N3O/c17-13-2-1-3-14-22-12(9-23(13)14)8-21-15(24)10-4-6-11(7-5-10)16(18,19)20/h1-7,9H,8H2,(H,21,24). The highest BCUT2D eigenvalue weighted by Gasteiger charge is 2.30. The Kier molecular flexibility index (Phi) is 4.19. The number of imidazole rings is 1. The van der Waals surface area contributed by atoms with Crippen molar-refractivity contribution in [2.45, 2.75) is 12.7 Å². The summed E-state index contributed by atoms with van der Waals surface area (Å²) in [6.07, 6.45) is -2.74. The normalized spacial score (nSPS) is 11.7. The van der Waals surface area contributed by atoms with E-state index in [1.54, 1.807) is 28.8 Å². The molecule has 0 fully saturated rings. The van der Waals surface area contributed by atoms with Gasteiger partial charge in [-0.05, 0) is 36.4 Å². The van der Waals surface area contributed by atoms with Crippen molar-refractivity contribution >= 4 is 23.2 Å². The van der Waals surface area contributed by atoms with Crippen LogP contribution in [0.25, 0.3) is 5.65 Å². The molecule has 24 heavy (non-hydrogen) atoms. The molecule has 1 aromatic carbocycles. The summed E-state index contributed by atoms with van der Waals surface area (Å²) in [5.41, 5.74) is 0.573. The molecule has 8 heteroatoms. The van der Waals surface area contributed by atoms with E-state index >= 15 is 0 Å². The van der Waals surface area contributed by atoms with Crippen molar-refractivity contribution in [2.75, 3.05) is 0 Å². The number of nitrogens with zero attached hydrogens (tertiary/aromatic N) is 2. The molecule has 3 rings (SSSR count). The lowest BCUT2D eigenvalue weighted by Gasteiger charge is -2.07. The van der Waals surface area contributed by atoms with Crippen molar-refractivity contribution in [1.29, 1.82) is 0 Å². The number of aromatic nitrogens is 2. The minimum atomic E-state index is -4.43. The van der Waals surface area contributed by atoms with Gasteiger partial charge in [0.25, 0.3) is 5.91 Å². The van der Waals surface area contributed by atoms with Gasteiger partial charge in [0.2, 0.25) is 0 Å². The first-order valence-electron chi connectivity index (χ1n) is 6.92. The molecule has 0 saturated carbocycles. The molecule has 0 saturated heterocycles. The highest BCUT2D eigenvalue weighted by atomic mass is 35.5. The summed E-state index contributed by atoms with van der Waals surface area (Å²) in [5.74, 6) is -0.480. The molecule has 0 aliphatic rings. The second-order valence-electron chi connectivity index (χ2n) is 5.07. The van der Waals surface area contributed by atoms with Crippen LogP contribution < -0.4 is 5.32 Å². The second-order valence-corrected chi connectivity index (χ2v) is 5.45. The highest BCUT2D eigenvalue weighted by molar-refractivity contribution is 6.29. The monoisotopic (exact) mass is 353 g/mol.